The van der Waals surface area contributed by atoms with Gasteiger partial charge in [0.1, 0.15) is 0 Å². The molecule has 0 radical (unpaired) electrons. The summed E-state index contributed by atoms with van der Waals surface area (Å²) in [6.07, 6.45) is 0. The van der Waals surface area contributed by atoms with Crippen LogP contribution in [0.15, 0.2) is 48.5 Å². The van der Waals surface area contributed by atoms with Crippen LogP contribution in [0.25, 0.3) is 0 Å². The fourth-order valence-corrected chi connectivity index (χ4v) is 1.98. The number of ether oxygens (including phenoxy) is 3. The molecule has 18 nitrogen and oxygen atoms in total. The van der Waals surface area contributed by atoms with Crippen molar-refractivity contribution in [1.82, 2.24) is 0 Å². The van der Waals surface area contributed by atoms with Crippen LogP contribution in [0.5, 0.6) is 11.5 Å². The molecule has 0 heterocycles. The normalized spacial score (nSPS) is 11.8. The monoisotopic (exact) mass is 878 g/mol. The van der Waals surface area contributed by atoms with Gasteiger partial charge in [-0.2, -0.15) is 39.5 Å². The second kappa shape index (κ2) is 26.0. The Hall–Kier alpha value is -2.91. The average Bonchev–Trinajstić information content (AvgIpc) is 2.95. The molecule has 0 bridgehead atoms. The van der Waals surface area contributed by atoms with E-state index in [9.17, 15) is 49.9 Å². The van der Waals surface area contributed by atoms with Crippen molar-refractivity contribution in [3.8, 4) is 11.5 Å². The molecule has 0 unspecified atom stereocenters. The molecule has 0 aliphatic rings. The van der Waals surface area contributed by atoms with E-state index in [1.54, 1.807) is 36.4 Å². The van der Waals surface area contributed by atoms with Gasteiger partial charge in [-0.05, 0) is 26.0 Å². The summed E-state index contributed by atoms with van der Waals surface area (Å²) in [5.41, 5.74) is -16.7. The predicted octanol–water partition coefficient (Wildman–Crippen LogP) is 2.49. The Balaban J connectivity index is -0.000000140. The number of benzene rings is 2. The van der Waals surface area contributed by atoms with Gasteiger partial charge in [-0.15, -0.1) is 0 Å². The first kappa shape index (κ1) is 61.1. The summed E-state index contributed by atoms with van der Waals surface area (Å²) in [6.45, 7) is 5.67. The largest absolute Gasteiger partial charge is 3.00 e. The molecule has 0 atom stereocenters. The van der Waals surface area contributed by atoms with Crippen LogP contribution in [0, 0.1) is 10.4 Å². The Morgan fingerprint density at radius 1 is 0.558 bits per heavy atom. The van der Waals surface area contributed by atoms with Gasteiger partial charge < -0.3 is 49.2 Å². The molecule has 2 aromatic rings. The minimum absolute atomic E-state index is 0. The SMILES string of the molecule is CCOCC.COc1ccccc1/[N+]([O-])=[N+](/[O-])c1ccccc1OC.O=S(=O)([O-])C(F)(F)F.O=S(=O)([O-])C(F)(F)F.O=S(=O)([O-])C(F)(F)F.[OH3+].[OH3+].[Sc+3]. The van der Waals surface area contributed by atoms with E-state index in [4.69, 9.17) is 53.1 Å². The third-order valence-corrected chi connectivity index (χ3v) is 5.71. The van der Waals surface area contributed by atoms with E-state index in [1.807, 2.05) is 13.8 Å². The minimum atomic E-state index is -6.09. The molecule has 6 N–H and O–H groups in total. The molecule has 31 heteroatoms. The van der Waals surface area contributed by atoms with Gasteiger partial charge in [-0.3, -0.25) is 0 Å². The first-order valence-corrected chi connectivity index (χ1v) is 15.9. The van der Waals surface area contributed by atoms with Gasteiger partial charge in [0.25, 0.3) is 0 Å². The van der Waals surface area contributed by atoms with Crippen molar-refractivity contribution < 1.29 is 139 Å². The molecule has 0 aromatic heterocycles. The van der Waals surface area contributed by atoms with Crippen LogP contribution in [0.3, 0.4) is 0 Å². The maximum absolute atomic E-state index is 12.2. The van der Waals surface area contributed by atoms with Crippen LogP contribution in [0.4, 0.5) is 50.9 Å². The Labute approximate surface area is 308 Å². The molecule has 302 valence electrons. The number of nitrogens with zero attached hydrogens (tertiary/aromatic N) is 2. The Morgan fingerprint density at radius 3 is 0.885 bits per heavy atom. The summed E-state index contributed by atoms with van der Waals surface area (Å²) >= 11 is 0. The maximum atomic E-state index is 12.2. The quantitative estimate of drug-likeness (QED) is 0.0766. The van der Waals surface area contributed by atoms with Gasteiger partial charge in [-0.25, -0.2) is 25.3 Å². The molecule has 0 amide bonds. The zero-order chi connectivity index (χ0) is 39.7. The van der Waals surface area contributed by atoms with Crippen LogP contribution in [0.1, 0.15) is 13.8 Å². The Kier molecular flexibility index (Phi) is 30.5. The molecule has 0 fully saturated rings. The number of hydrogen-bond acceptors (Lipinski definition) is 14. The van der Waals surface area contributed by atoms with Gasteiger partial charge in [-0.1, -0.05) is 24.3 Å². The summed E-state index contributed by atoms with van der Waals surface area (Å²) in [5.74, 6) is 0.636. The smallest absolute Gasteiger partial charge is 0.741 e. The van der Waals surface area contributed by atoms with Crippen LogP contribution in [-0.4, -0.2) is 92.6 Å². The van der Waals surface area contributed by atoms with Gasteiger partial charge in [0.15, 0.2) is 41.9 Å². The number of hydrogen-bond donors (Lipinski definition) is 0. The molecule has 52 heavy (non-hydrogen) atoms. The molecule has 0 saturated heterocycles. The molecular weight excluding hydrogens is 848 g/mol. The van der Waals surface area contributed by atoms with Gasteiger partial charge in [0.05, 0.1) is 23.9 Å². The Bertz CT molecular complexity index is 1500. The summed E-state index contributed by atoms with van der Waals surface area (Å²) in [4.78, 5) is 0.438. The summed E-state index contributed by atoms with van der Waals surface area (Å²) in [5, 5.41) is 24.4. The summed E-state index contributed by atoms with van der Waals surface area (Å²) in [7, 11) is -15.4. The number of rotatable bonds is 6. The molecule has 0 aliphatic heterocycles. The number of para-hydroxylation sites is 4. The van der Waals surface area contributed by atoms with Crippen molar-refractivity contribution in [3.05, 3.63) is 58.9 Å². The predicted molar refractivity (Wildman–Crippen MR) is 152 cm³/mol. The van der Waals surface area contributed by atoms with Gasteiger partial charge in [0.2, 0.25) is 0 Å². The van der Waals surface area contributed by atoms with Gasteiger partial charge in [0, 0.05) is 25.3 Å². The molecular formula is C21H30F9N2O16S3Sc+2. The third-order valence-electron chi connectivity index (χ3n) is 4.01. The van der Waals surface area contributed by atoms with Crippen LogP contribution < -0.4 is 9.47 Å². The summed E-state index contributed by atoms with van der Waals surface area (Å²) < 4.78 is 192. The molecule has 0 spiro atoms. The van der Waals surface area contributed by atoms with Crippen molar-refractivity contribution in [3.63, 3.8) is 0 Å². The molecule has 0 saturated carbocycles. The first-order chi connectivity index (χ1) is 21.8. The Morgan fingerprint density at radius 2 is 0.750 bits per heavy atom. The maximum Gasteiger partial charge on any atom is 3.00 e. The van der Waals surface area contributed by atoms with Crippen molar-refractivity contribution in [2.75, 3.05) is 27.4 Å². The number of methoxy groups -OCH3 is 2. The number of azo groups is 1. The van der Waals surface area contributed by atoms with Crippen molar-refractivity contribution in [2.45, 2.75) is 30.4 Å². The summed E-state index contributed by atoms with van der Waals surface area (Å²) in [6, 6.07) is 13.0. The van der Waals surface area contributed by atoms with Crippen LogP contribution >= 0.6 is 0 Å². The third kappa shape index (κ3) is 24.4. The minimum Gasteiger partial charge on any atom is -0.741 e. The van der Waals surface area contributed by atoms with Crippen molar-refractivity contribution in [2.24, 2.45) is 0 Å². The fraction of sp³-hybridized carbons (Fsp3) is 0.429. The van der Waals surface area contributed by atoms with E-state index in [-0.39, 0.29) is 57.9 Å². The molecule has 2 aromatic carbocycles. The average molecular weight is 879 g/mol. The first-order valence-electron chi connectivity index (χ1n) is 11.7. The van der Waals surface area contributed by atoms with Crippen LogP contribution in [0.2, 0.25) is 0 Å². The second-order valence-electron chi connectivity index (χ2n) is 7.37. The molecule has 2 rings (SSSR count). The van der Waals surface area contributed by atoms with E-state index in [2.05, 4.69) is 0 Å². The molecule has 0 aliphatic carbocycles. The van der Waals surface area contributed by atoms with E-state index in [0.29, 0.717) is 11.5 Å². The van der Waals surface area contributed by atoms with E-state index >= 15 is 0 Å². The van der Waals surface area contributed by atoms with Crippen LogP contribution in [-0.2, 0) is 71.9 Å². The topological polar surface area (TPSA) is 317 Å². The van der Waals surface area contributed by atoms with Crippen molar-refractivity contribution >= 4 is 41.7 Å². The zero-order valence-corrected chi connectivity index (χ0v) is 30.8. The second-order valence-corrected chi connectivity index (χ2v) is 11.5. The van der Waals surface area contributed by atoms with E-state index < -0.39 is 46.9 Å². The van der Waals surface area contributed by atoms with Crippen molar-refractivity contribution in [1.29, 1.82) is 0 Å². The standard InChI is InChI=1S/C14H14N2O4.C4H10O.3CHF3O3S.2H2O.Sc/c1-19-13-9-5-3-7-11(13)15(17)16(18)12-8-4-6-10-14(12)20-2;1-3-5-4-2;3*2-1(3,4)8(5,6)7;;;/h3-10H,1-2H3;3-4H2,1-2H3;3*(H,5,6,7);2*1H2;/q;;;;;;;+3/p-1/b16-15-;;;;;;;. The zero-order valence-electron chi connectivity index (χ0n) is 26.5. The van der Waals surface area contributed by atoms with E-state index in [1.165, 1.54) is 26.4 Å². The number of halogens is 9. The van der Waals surface area contributed by atoms with Gasteiger partial charge >= 0.3 is 53.7 Å². The number of alkyl halides is 9. The fourth-order valence-electron chi connectivity index (χ4n) is 1.98. The van der Waals surface area contributed by atoms with E-state index in [0.717, 1.165) is 13.2 Å².